The maximum absolute atomic E-state index is 12.8. The van der Waals surface area contributed by atoms with Crippen LogP contribution >= 0.6 is 0 Å². The Morgan fingerprint density at radius 3 is 2.68 bits per heavy atom. The topological polar surface area (TPSA) is 79.9 Å². The zero-order valence-electron chi connectivity index (χ0n) is 22.4. The number of aryl methyl sites for hydroxylation is 2. The van der Waals surface area contributed by atoms with Crippen LogP contribution in [0, 0.1) is 29.1 Å². The van der Waals surface area contributed by atoms with Gasteiger partial charge in [-0.1, -0.05) is 25.0 Å². The van der Waals surface area contributed by atoms with Gasteiger partial charge in [0.05, 0.1) is 41.1 Å². The highest BCUT2D eigenvalue weighted by Crippen LogP contribution is 2.29. The van der Waals surface area contributed by atoms with Crippen molar-refractivity contribution in [1.82, 2.24) is 9.55 Å². The Balaban J connectivity index is 1.53. The van der Waals surface area contributed by atoms with Gasteiger partial charge in [-0.05, 0) is 87.1 Å². The van der Waals surface area contributed by atoms with Crippen molar-refractivity contribution in [2.45, 2.75) is 65.2 Å². The fourth-order valence-electron chi connectivity index (χ4n) is 4.98. The van der Waals surface area contributed by atoms with Crippen LogP contribution in [0.3, 0.4) is 0 Å². The number of nitriles is 1. The van der Waals surface area contributed by atoms with Gasteiger partial charge in [0.25, 0.3) is 0 Å². The smallest absolute Gasteiger partial charge is 0.228 e. The second kappa shape index (κ2) is 11.6. The predicted molar refractivity (Wildman–Crippen MR) is 148 cm³/mol. The van der Waals surface area contributed by atoms with E-state index in [2.05, 4.69) is 53.3 Å². The summed E-state index contributed by atoms with van der Waals surface area (Å²) in [4.78, 5) is 17.2. The summed E-state index contributed by atoms with van der Waals surface area (Å²) < 4.78 is 7.27. The lowest BCUT2D eigenvalue weighted by Crippen LogP contribution is -2.16. The van der Waals surface area contributed by atoms with Crippen LogP contribution in [-0.4, -0.2) is 35.2 Å². The molecule has 1 aromatic carbocycles. The summed E-state index contributed by atoms with van der Waals surface area (Å²) in [6.45, 7) is 9.57. The number of carbonyl (C=O) groups is 1. The zero-order chi connectivity index (χ0) is 26.4. The van der Waals surface area contributed by atoms with Gasteiger partial charge in [-0.25, -0.2) is 0 Å². The molecule has 1 saturated heterocycles. The number of fused-ring (bicyclic) bond motifs is 1. The van der Waals surface area contributed by atoms with Crippen molar-refractivity contribution in [3.63, 3.8) is 0 Å². The molecule has 37 heavy (non-hydrogen) atoms. The van der Waals surface area contributed by atoms with Crippen LogP contribution in [0.25, 0.3) is 10.9 Å². The zero-order valence-corrected chi connectivity index (χ0v) is 22.4. The summed E-state index contributed by atoms with van der Waals surface area (Å²) >= 11 is 0. The Bertz CT molecular complexity index is 1360. The van der Waals surface area contributed by atoms with Gasteiger partial charge in [0.2, 0.25) is 5.91 Å². The lowest BCUT2D eigenvalue weighted by atomic mass is 9.91. The molecular formula is C31H36N4O2. The maximum Gasteiger partial charge on any atom is 0.228 e. The minimum atomic E-state index is -0.625. The molecule has 0 saturated carbocycles. The van der Waals surface area contributed by atoms with Gasteiger partial charge >= 0.3 is 0 Å². The lowest BCUT2D eigenvalue weighted by molar-refractivity contribution is 0.0640. The monoisotopic (exact) mass is 496 g/mol. The molecule has 1 fully saturated rings. The van der Waals surface area contributed by atoms with Gasteiger partial charge in [0.15, 0.2) is 0 Å². The van der Waals surface area contributed by atoms with Gasteiger partial charge in [-0.3, -0.25) is 14.3 Å². The number of nitrogens with zero attached hydrogens (tertiary/aromatic N) is 3. The molecular weight excluding hydrogens is 460 g/mol. The Morgan fingerprint density at radius 1 is 1.24 bits per heavy atom. The summed E-state index contributed by atoms with van der Waals surface area (Å²) in [5.41, 5.74) is 5.04. The van der Waals surface area contributed by atoms with Gasteiger partial charge in [-0.15, -0.1) is 0 Å². The second-order valence-corrected chi connectivity index (χ2v) is 10.3. The number of nitrogens with one attached hydrogen (secondary N) is 1. The van der Waals surface area contributed by atoms with Crippen LogP contribution in [0.2, 0.25) is 0 Å². The molecule has 1 aliphatic heterocycles. The fourth-order valence-corrected chi connectivity index (χ4v) is 4.98. The molecule has 192 valence electrons. The normalized spacial score (nSPS) is 14.1. The van der Waals surface area contributed by atoms with Crippen molar-refractivity contribution < 1.29 is 9.53 Å². The summed E-state index contributed by atoms with van der Waals surface area (Å²) in [6.07, 6.45) is 6.96. The first-order valence-electron chi connectivity index (χ1n) is 13.2. The summed E-state index contributed by atoms with van der Waals surface area (Å²) in [6, 6.07) is 12.6. The average Bonchev–Trinajstić information content (AvgIpc) is 3.23. The minimum Gasteiger partial charge on any atom is -0.381 e. The third-order valence-corrected chi connectivity index (χ3v) is 7.26. The standard InChI is InChI=1S/C31H36N4O2/c1-5-26-27-12-10-24(9-8-23-14-17-37-18-15-23)19-29(27)35(22(2)36)28(26)7-6-16-33-25-11-13-30(34-20-25)31(3,4)21-32/h10-13,19-20,23,33H,5,8-9,14-18H2,1-4H3. The highest BCUT2D eigenvalue weighted by molar-refractivity contribution is 5.96. The molecule has 6 nitrogen and oxygen atoms in total. The van der Waals surface area contributed by atoms with Gasteiger partial charge in [0.1, 0.15) is 5.69 Å². The van der Waals surface area contributed by atoms with E-state index in [0.717, 1.165) is 78.9 Å². The first-order chi connectivity index (χ1) is 17.8. The molecule has 3 heterocycles. The number of hydrogen-bond acceptors (Lipinski definition) is 5. The predicted octanol–water partition coefficient (Wildman–Crippen LogP) is 5.88. The third kappa shape index (κ3) is 6.04. The number of benzene rings is 1. The van der Waals surface area contributed by atoms with Crippen molar-refractivity contribution in [2.24, 2.45) is 5.92 Å². The molecule has 0 spiro atoms. The molecule has 1 N–H and O–H groups in total. The Hall–Kier alpha value is -3.61. The first-order valence-corrected chi connectivity index (χ1v) is 13.2. The molecule has 1 aliphatic rings. The Labute approximate surface area is 220 Å². The third-order valence-electron chi connectivity index (χ3n) is 7.26. The molecule has 0 atom stereocenters. The quantitative estimate of drug-likeness (QED) is 0.413. The van der Waals surface area contributed by atoms with Crippen molar-refractivity contribution in [3.05, 3.63) is 59.0 Å². The summed E-state index contributed by atoms with van der Waals surface area (Å²) in [5, 5.41) is 13.7. The first kappa shape index (κ1) is 26.5. The number of aromatic nitrogens is 2. The van der Waals surface area contributed by atoms with Crippen LogP contribution in [0.4, 0.5) is 5.69 Å². The highest BCUT2D eigenvalue weighted by atomic mass is 16.5. The molecule has 0 bridgehead atoms. The molecule has 3 aromatic rings. The highest BCUT2D eigenvalue weighted by Gasteiger charge is 2.21. The van der Waals surface area contributed by atoms with E-state index >= 15 is 0 Å². The van der Waals surface area contributed by atoms with E-state index in [4.69, 9.17) is 4.74 Å². The largest absolute Gasteiger partial charge is 0.381 e. The summed E-state index contributed by atoms with van der Waals surface area (Å²) in [5.74, 6) is 7.16. The van der Waals surface area contributed by atoms with Gasteiger partial charge < -0.3 is 10.1 Å². The number of anilines is 1. The molecule has 0 unspecified atom stereocenters. The second-order valence-electron chi connectivity index (χ2n) is 10.3. The van der Waals surface area contributed by atoms with Crippen molar-refractivity contribution >= 4 is 22.5 Å². The van der Waals surface area contributed by atoms with Crippen molar-refractivity contribution in [1.29, 1.82) is 5.26 Å². The van der Waals surface area contributed by atoms with Crippen LogP contribution in [-0.2, 0) is 23.0 Å². The van der Waals surface area contributed by atoms with E-state index < -0.39 is 5.41 Å². The van der Waals surface area contributed by atoms with E-state index in [1.165, 1.54) is 5.56 Å². The lowest BCUT2D eigenvalue weighted by Gasteiger charge is -2.21. The van der Waals surface area contributed by atoms with Crippen LogP contribution in [0.1, 0.15) is 74.3 Å². The molecule has 6 heteroatoms. The molecule has 0 radical (unpaired) electrons. The molecule has 2 aromatic heterocycles. The van der Waals surface area contributed by atoms with E-state index in [9.17, 15) is 10.1 Å². The van der Waals surface area contributed by atoms with E-state index in [1.807, 2.05) is 26.0 Å². The van der Waals surface area contributed by atoms with Gasteiger partial charge in [-0.2, -0.15) is 5.26 Å². The van der Waals surface area contributed by atoms with E-state index in [-0.39, 0.29) is 5.91 Å². The van der Waals surface area contributed by atoms with Crippen LogP contribution in [0.15, 0.2) is 36.5 Å². The maximum atomic E-state index is 12.8. The number of pyridine rings is 1. The fraction of sp³-hybridized carbons (Fsp3) is 0.452. The van der Waals surface area contributed by atoms with Crippen LogP contribution in [0.5, 0.6) is 0 Å². The van der Waals surface area contributed by atoms with E-state index in [1.54, 1.807) is 17.7 Å². The van der Waals surface area contributed by atoms with Crippen molar-refractivity contribution in [2.75, 3.05) is 25.1 Å². The Kier molecular flexibility index (Phi) is 8.31. The number of carbonyl (C=O) groups excluding carboxylic acids is 1. The average molecular weight is 497 g/mol. The Morgan fingerprint density at radius 2 is 2.03 bits per heavy atom. The van der Waals surface area contributed by atoms with Crippen molar-refractivity contribution in [3.8, 4) is 17.9 Å². The SMILES string of the molecule is CCc1c(C#CCNc2ccc(C(C)(C)C#N)nc2)n(C(C)=O)c2cc(CCC3CCOCC3)ccc12. The molecule has 4 rings (SSSR count). The molecule has 0 aliphatic carbocycles. The van der Waals surface area contributed by atoms with E-state index in [0.29, 0.717) is 12.5 Å². The summed E-state index contributed by atoms with van der Waals surface area (Å²) in [7, 11) is 0. The number of ether oxygens (including phenoxy) is 1. The number of hydrogen-bond donors (Lipinski definition) is 1. The molecule has 0 amide bonds. The minimum absolute atomic E-state index is 0.0246. The van der Waals surface area contributed by atoms with Crippen LogP contribution < -0.4 is 5.32 Å². The number of rotatable bonds is 7. The van der Waals surface area contributed by atoms with Gasteiger partial charge in [0, 0.05) is 25.5 Å².